The molecular formula is C7H16N2O. The molecule has 0 aromatic heterocycles. The Morgan fingerprint density at radius 3 is 2.00 bits per heavy atom. The van der Waals surface area contributed by atoms with Crippen LogP contribution in [0.5, 0.6) is 0 Å². The molecule has 1 saturated heterocycles. The van der Waals surface area contributed by atoms with Gasteiger partial charge in [-0.2, -0.15) is 5.06 Å². The average Bonchev–Trinajstić information content (AvgIpc) is 1.82. The number of nitrogens with zero attached hydrogens (tertiary/aromatic N) is 2. The van der Waals surface area contributed by atoms with Gasteiger partial charge in [0.1, 0.15) is 0 Å². The van der Waals surface area contributed by atoms with Crippen LogP contribution in [0.4, 0.5) is 0 Å². The second-order valence-electron chi connectivity index (χ2n) is 3.24. The molecule has 60 valence electrons. The van der Waals surface area contributed by atoms with Gasteiger partial charge in [0.05, 0.1) is 0 Å². The van der Waals surface area contributed by atoms with E-state index in [1.54, 1.807) is 0 Å². The van der Waals surface area contributed by atoms with E-state index < -0.39 is 0 Å². The third-order valence-corrected chi connectivity index (χ3v) is 2.34. The SMILES string of the molecule is C[C@@H]1CN(O)C[C@H](C)N1C. The first-order valence-corrected chi connectivity index (χ1v) is 3.77. The van der Waals surface area contributed by atoms with Crippen LogP contribution in [0, 0.1) is 0 Å². The summed E-state index contributed by atoms with van der Waals surface area (Å²) in [6.07, 6.45) is 0. The lowest BCUT2D eigenvalue weighted by Gasteiger charge is -2.39. The van der Waals surface area contributed by atoms with E-state index in [1.165, 1.54) is 5.06 Å². The number of piperazine rings is 1. The highest BCUT2D eigenvalue weighted by atomic mass is 16.5. The predicted molar refractivity (Wildman–Crippen MR) is 40.0 cm³/mol. The fourth-order valence-electron chi connectivity index (χ4n) is 1.38. The first kappa shape index (κ1) is 7.98. The predicted octanol–water partition coefficient (Wildman–Crippen LogP) is 0.400. The van der Waals surface area contributed by atoms with Gasteiger partial charge in [-0.15, -0.1) is 0 Å². The minimum atomic E-state index is 0.466. The van der Waals surface area contributed by atoms with Crippen LogP contribution >= 0.6 is 0 Å². The molecule has 1 aliphatic rings. The van der Waals surface area contributed by atoms with E-state index in [0.717, 1.165) is 13.1 Å². The van der Waals surface area contributed by atoms with Gasteiger partial charge in [0, 0.05) is 25.2 Å². The molecule has 0 aromatic carbocycles. The molecule has 0 saturated carbocycles. The van der Waals surface area contributed by atoms with Crippen molar-refractivity contribution >= 4 is 0 Å². The zero-order valence-corrected chi connectivity index (χ0v) is 6.91. The summed E-state index contributed by atoms with van der Waals surface area (Å²) in [4.78, 5) is 2.28. The first-order valence-electron chi connectivity index (χ1n) is 3.77. The second kappa shape index (κ2) is 2.86. The van der Waals surface area contributed by atoms with Crippen molar-refractivity contribution in [1.82, 2.24) is 9.96 Å². The summed E-state index contributed by atoms with van der Waals surface area (Å²) >= 11 is 0. The van der Waals surface area contributed by atoms with Crippen LogP contribution in [0.3, 0.4) is 0 Å². The van der Waals surface area contributed by atoms with E-state index >= 15 is 0 Å². The van der Waals surface area contributed by atoms with Crippen molar-refractivity contribution in [2.75, 3.05) is 20.1 Å². The summed E-state index contributed by atoms with van der Waals surface area (Å²) < 4.78 is 0. The maximum Gasteiger partial charge on any atom is 0.0392 e. The third kappa shape index (κ3) is 1.48. The van der Waals surface area contributed by atoms with Gasteiger partial charge in [-0.05, 0) is 20.9 Å². The molecule has 0 unspecified atom stereocenters. The molecule has 10 heavy (non-hydrogen) atoms. The summed E-state index contributed by atoms with van der Waals surface area (Å²) in [7, 11) is 2.10. The van der Waals surface area contributed by atoms with Gasteiger partial charge in [0.25, 0.3) is 0 Å². The van der Waals surface area contributed by atoms with Crippen LogP contribution in [-0.4, -0.2) is 47.4 Å². The summed E-state index contributed by atoms with van der Waals surface area (Å²) in [6, 6.07) is 0.933. The average molecular weight is 144 g/mol. The van der Waals surface area contributed by atoms with Gasteiger partial charge in [-0.3, -0.25) is 4.90 Å². The maximum atomic E-state index is 9.17. The first-order chi connectivity index (χ1) is 4.61. The van der Waals surface area contributed by atoms with Gasteiger partial charge in [-0.25, -0.2) is 0 Å². The Balaban J connectivity index is 2.49. The Hall–Kier alpha value is -0.120. The molecule has 1 rings (SSSR count). The largest absolute Gasteiger partial charge is 0.314 e. The highest BCUT2D eigenvalue weighted by Crippen LogP contribution is 2.10. The van der Waals surface area contributed by atoms with Crippen molar-refractivity contribution in [3.05, 3.63) is 0 Å². The van der Waals surface area contributed by atoms with Gasteiger partial charge >= 0.3 is 0 Å². The van der Waals surface area contributed by atoms with Gasteiger partial charge < -0.3 is 5.21 Å². The maximum absolute atomic E-state index is 9.17. The molecule has 2 atom stereocenters. The van der Waals surface area contributed by atoms with Crippen molar-refractivity contribution in [3.8, 4) is 0 Å². The van der Waals surface area contributed by atoms with E-state index in [4.69, 9.17) is 0 Å². The Kier molecular flexibility index (Phi) is 2.28. The van der Waals surface area contributed by atoms with E-state index in [9.17, 15) is 5.21 Å². The number of hydrogen-bond acceptors (Lipinski definition) is 3. The molecule has 0 bridgehead atoms. The van der Waals surface area contributed by atoms with Gasteiger partial charge in [0.15, 0.2) is 0 Å². The van der Waals surface area contributed by atoms with Crippen molar-refractivity contribution in [3.63, 3.8) is 0 Å². The molecule has 0 spiro atoms. The fourth-order valence-corrected chi connectivity index (χ4v) is 1.38. The zero-order chi connectivity index (χ0) is 7.72. The van der Waals surface area contributed by atoms with Crippen molar-refractivity contribution < 1.29 is 5.21 Å². The molecule has 1 heterocycles. The minimum absolute atomic E-state index is 0.466. The topological polar surface area (TPSA) is 26.7 Å². The lowest BCUT2D eigenvalue weighted by molar-refractivity contribution is -0.142. The van der Waals surface area contributed by atoms with Crippen molar-refractivity contribution in [1.29, 1.82) is 0 Å². The normalized spacial score (nSPS) is 38.4. The Morgan fingerprint density at radius 1 is 1.20 bits per heavy atom. The Morgan fingerprint density at radius 2 is 1.60 bits per heavy atom. The lowest BCUT2D eigenvalue weighted by Crippen LogP contribution is -2.53. The standard InChI is InChI=1S/C7H16N2O/c1-6-4-9(10)5-7(2)8(6)3/h6-7,10H,4-5H2,1-3H3/t6-,7+. The molecule has 0 radical (unpaired) electrons. The lowest BCUT2D eigenvalue weighted by atomic mass is 10.1. The van der Waals surface area contributed by atoms with Crippen LogP contribution in [0.2, 0.25) is 0 Å². The summed E-state index contributed by atoms with van der Waals surface area (Å²) in [5, 5.41) is 10.6. The van der Waals surface area contributed by atoms with E-state index in [2.05, 4.69) is 25.8 Å². The Bertz CT molecular complexity index is 106. The number of rotatable bonds is 0. The fraction of sp³-hybridized carbons (Fsp3) is 1.00. The zero-order valence-electron chi connectivity index (χ0n) is 6.91. The number of likely N-dealkylation sites (N-methyl/N-ethyl adjacent to an activating group) is 1. The highest BCUT2D eigenvalue weighted by molar-refractivity contribution is 4.78. The van der Waals surface area contributed by atoms with E-state index in [1.807, 2.05) is 0 Å². The van der Waals surface area contributed by atoms with Crippen molar-refractivity contribution in [2.45, 2.75) is 25.9 Å². The number of hydrogen-bond donors (Lipinski definition) is 1. The van der Waals surface area contributed by atoms with Gasteiger partial charge in [0.2, 0.25) is 0 Å². The van der Waals surface area contributed by atoms with Crippen LogP contribution in [0.25, 0.3) is 0 Å². The third-order valence-electron chi connectivity index (χ3n) is 2.34. The summed E-state index contributed by atoms with van der Waals surface area (Å²) in [5.74, 6) is 0. The highest BCUT2D eigenvalue weighted by Gasteiger charge is 2.24. The number of hydroxylamine groups is 2. The van der Waals surface area contributed by atoms with Gasteiger partial charge in [-0.1, -0.05) is 0 Å². The minimum Gasteiger partial charge on any atom is -0.314 e. The molecule has 1 aliphatic heterocycles. The molecule has 3 heteroatoms. The van der Waals surface area contributed by atoms with Crippen LogP contribution < -0.4 is 0 Å². The van der Waals surface area contributed by atoms with Crippen LogP contribution in [0.15, 0.2) is 0 Å². The smallest absolute Gasteiger partial charge is 0.0392 e. The molecule has 0 aromatic rings. The van der Waals surface area contributed by atoms with E-state index in [-0.39, 0.29) is 0 Å². The molecule has 0 amide bonds. The van der Waals surface area contributed by atoms with Crippen LogP contribution in [0.1, 0.15) is 13.8 Å². The summed E-state index contributed by atoms with van der Waals surface area (Å²) in [5.41, 5.74) is 0. The quantitative estimate of drug-likeness (QED) is 0.533. The Labute approximate surface area is 62.2 Å². The molecule has 1 fully saturated rings. The molecule has 1 N–H and O–H groups in total. The second-order valence-corrected chi connectivity index (χ2v) is 3.24. The summed E-state index contributed by atoms with van der Waals surface area (Å²) in [6.45, 7) is 5.78. The van der Waals surface area contributed by atoms with Crippen molar-refractivity contribution in [2.24, 2.45) is 0 Å². The monoisotopic (exact) mass is 144 g/mol. The molecule has 3 nitrogen and oxygen atoms in total. The van der Waals surface area contributed by atoms with E-state index in [0.29, 0.717) is 12.1 Å². The molecular weight excluding hydrogens is 128 g/mol. The molecule has 0 aliphatic carbocycles. The van der Waals surface area contributed by atoms with Crippen LogP contribution in [-0.2, 0) is 0 Å².